The first kappa shape index (κ1) is 21.1. The van der Waals surface area contributed by atoms with Crippen LogP contribution < -0.4 is 0 Å². The Hall–Kier alpha value is -2.16. The van der Waals surface area contributed by atoms with Gasteiger partial charge in [0, 0.05) is 31.4 Å². The van der Waals surface area contributed by atoms with Crippen molar-refractivity contribution in [3.8, 4) is 0 Å². The van der Waals surface area contributed by atoms with Crippen LogP contribution in [0.3, 0.4) is 0 Å². The van der Waals surface area contributed by atoms with E-state index in [1.165, 1.54) is 28.7 Å². The third-order valence-corrected chi connectivity index (χ3v) is 6.23. The second-order valence-electron chi connectivity index (χ2n) is 7.35. The molecule has 1 atom stereocenters. The zero-order valence-electron chi connectivity index (χ0n) is 16.1. The minimum atomic E-state index is -3.13. The molecular weight excluding hydrogens is 372 g/mol. The highest BCUT2D eigenvalue weighted by Crippen LogP contribution is 2.19. The smallest absolute Gasteiger partial charge is 0.355 e. The van der Waals surface area contributed by atoms with Crippen molar-refractivity contribution in [3.63, 3.8) is 0 Å². The molecule has 1 aliphatic rings. The van der Waals surface area contributed by atoms with E-state index >= 15 is 0 Å². The minimum Gasteiger partial charge on any atom is -0.451 e. The van der Waals surface area contributed by atoms with E-state index in [9.17, 15) is 22.8 Å². The molecule has 1 fully saturated rings. The third kappa shape index (κ3) is 5.41. The van der Waals surface area contributed by atoms with Crippen LogP contribution in [0.4, 0.5) is 0 Å². The summed E-state index contributed by atoms with van der Waals surface area (Å²) in [5.74, 6) is -1.14. The van der Waals surface area contributed by atoms with E-state index in [1.54, 1.807) is 7.05 Å². The first-order valence-electron chi connectivity index (χ1n) is 8.84. The van der Waals surface area contributed by atoms with Crippen LogP contribution in [-0.2, 0) is 26.4 Å². The van der Waals surface area contributed by atoms with Gasteiger partial charge in [0.05, 0.1) is 11.5 Å². The molecule has 1 saturated heterocycles. The van der Waals surface area contributed by atoms with E-state index in [2.05, 4.69) is 0 Å². The number of amides is 1. The fourth-order valence-corrected chi connectivity index (χ4v) is 4.84. The Morgan fingerprint density at radius 2 is 2.00 bits per heavy atom. The number of carbonyl (C=O) groups excluding carboxylic acids is 3. The summed E-state index contributed by atoms with van der Waals surface area (Å²) < 4.78 is 30.1. The Balaban J connectivity index is 2.04. The summed E-state index contributed by atoms with van der Waals surface area (Å²) in [5.41, 5.74) is 0.556. The van der Waals surface area contributed by atoms with Crippen molar-refractivity contribution in [2.75, 3.05) is 24.7 Å². The molecule has 8 nitrogen and oxygen atoms in total. The lowest BCUT2D eigenvalue weighted by Gasteiger charge is -2.29. The van der Waals surface area contributed by atoms with Crippen LogP contribution in [0.25, 0.3) is 0 Å². The lowest BCUT2D eigenvalue weighted by Crippen LogP contribution is -2.45. The summed E-state index contributed by atoms with van der Waals surface area (Å²) >= 11 is 0. The SMILES string of the molecule is CC(=O)c1cc(C(=O)OCC(=O)N(CC(C)C)[C@H]2CCS(=O)(=O)C2)n(C)c1. The molecule has 0 unspecified atom stereocenters. The van der Waals surface area contributed by atoms with E-state index in [-0.39, 0.29) is 34.9 Å². The third-order valence-electron chi connectivity index (χ3n) is 4.48. The molecule has 2 rings (SSSR count). The number of Topliss-reactive ketones (excluding diaryl/α,β-unsaturated/α-hetero) is 1. The number of aryl methyl sites for hydroxylation is 1. The molecule has 1 aromatic heterocycles. The second-order valence-corrected chi connectivity index (χ2v) is 9.58. The molecule has 9 heteroatoms. The highest BCUT2D eigenvalue weighted by Gasteiger charge is 2.35. The van der Waals surface area contributed by atoms with Crippen LogP contribution in [0.1, 0.15) is 48.0 Å². The predicted octanol–water partition coefficient (Wildman–Crippen LogP) is 1.06. The summed E-state index contributed by atoms with van der Waals surface area (Å²) in [7, 11) is -1.52. The van der Waals surface area contributed by atoms with E-state index < -0.39 is 28.3 Å². The zero-order valence-corrected chi connectivity index (χ0v) is 16.9. The maximum atomic E-state index is 12.6. The van der Waals surface area contributed by atoms with Crippen molar-refractivity contribution in [1.82, 2.24) is 9.47 Å². The Morgan fingerprint density at radius 1 is 1.33 bits per heavy atom. The van der Waals surface area contributed by atoms with Gasteiger partial charge in [-0.05, 0) is 25.3 Å². The van der Waals surface area contributed by atoms with Gasteiger partial charge >= 0.3 is 5.97 Å². The van der Waals surface area contributed by atoms with Gasteiger partial charge in [-0.2, -0.15) is 0 Å². The van der Waals surface area contributed by atoms with Gasteiger partial charge in [-0.15, -0.1) is 0 Å². The highest BCUT2D eigenvalue weighted by molar-refractivity contribution is 7.91. The fourth-order valence-electron chi connectivity index (χ4n) is 3.11. The minimum absolute atomic E-state index is 0.0564. The Kier molecular flexibility index (Phi) is 6.46. The molecule has 1 aliphatic heterocycles. The van der Waals surface area contributed by atoms with Gasteiger partial charge < -0.3 is 14.2 Å². The Labute approximate surface area is 159 Å². The van der Waals surface area contributed by atoms with Crippen molar-refractivity contribution in [2.45, 2.75) is 33.2 Å². The molecule has 0 aliphatic carbocycles. The number of nitrogens with zero attached hydrogens (tertiary/aromatic N) is 2. The number of hydrogen-bond donors (Lipinski definition) is 0. The second kappa shape index (κ2) is 8.24. The lowest BCUT2D eigenvalue weighted by molar-refractivity contribution is -0.137. The lowest BCUT2D eigenvalue weighted by atomic mass is 10.1. The molecule has 0 radical (unpaired) electrons. The fraction of sp³-hybridized carbons (Fsp3) is 0.611. The number of sulfone groups is 1. The van der Waals surface area contributed by atoms with Gasteiger partial charge in [-0.25, -0.2) is 13.2 Å². The Bertz CT molecular complexity index is 840. The number of aromatic nitrogens is 1. The largest absolute Gasteiger partial charge is 0.451 e. The van der Waals surface area contributed by atoms with Gasteiger partial charge in [0.15, 0.2) is 22.2 Å². The number of esters is 1. The highest BCUT2D eigenvalue weighted by atomic mass is 32.2. The molecule has 0 spiro atoms. The van der Waals surface area contributed by atoms with Gasteiger partial charge in [0.25, 0.3) is 5.91 Å². The summed E-state index contributed by atoms with van der Waals surface area (Å²) in [6.07, 6.45) is 1.92. The molecule has 150 valence electrons. The molecule has 0 bridgehead atoms. The van der Waals surface area contributed by atoms with Crippen LogP contribution in [-0.4, -0.2) is 66.2 Å². The van der Waals surface area contributed by atoms with E-state index in [4.69, 9.17) is 4.74 Å². The van der Waals surface area contributed by atoms with Crippen LogP contribution >= 0.6 is 0 Å². The predicted molar refractivity (Wildman–Crippen MR) is 99.3 cm³/mol. The average Bonchev–Trinajstić information content (AvgIpc) is 3.12. The van der Waals surface area contributed by atoms with E-state index in [0.29, 0.717) is 18.5 Å². The molecule has 1 aromatic rings. The van der Waals surface area contributed by atoms with E-state index in [1.807, 2.05) is 13.8 Å². The molecule has 0 N–H and O–H groups in total. The summed E-state index contributed by atoms with van der Waals surface area (Å²) in [4.78, 5) is 37.8. The standard InChI is InChI=1S/C18H26N2O6S/c1-12(2)8-20(15-5-6-27(24,25)11-15)17(22)10-26-18(23)16-7-14(13(3)21)9-19(16)4/h7,9,12,15H,5-6,8,10-11H2,1-4H3/t15-/m0/s1. The van der Waals surface area contributed by atoms with Gasteiger partial charge in [0.1, 0.15) is 5.69 Å². The van der Waals surface area contributed by atoms with Crippen LogP contribution in [0.5, 0.6) is 0 Å². The van der Waals surface area contributed by atoms with Gasteiger partial charge in [0.2, 0.25) is 0 Å². The Morgan fingerprint density at radius 3 is 2.48 bits per heavy atom. The molecule has 0 aromatic carbocycles. The quantitative estimate of drug-likeness (QED) is 0.503. The number of ketones is 1. The van der Waals surface area contributed by atoms with Crippen LogP contribution in [0.2, 0.25) is 0 Å². The van der Waals surface area contributed by atoms with E-state index in [0.717, 1.165) is 0 Å². The number of carbonyl (C=O) groups is 3. The first-order chi connectivity index (χ1) is 12.5. The normalized spacial score (nSPS) is 18.5. The first-order valence-corrected chi connectivity index (χ1v) is 10.7. The van der Waals surface area contributed by atoms with Gasteiger partial charge in [-0.1, -0.05) is 13.8 Å². The topological polar surface area (TPSA) is 103 Å². The average molecular weight is 398 g/mol. The monoisotopic (exact) mass is 398 g/mol. The summed E-state index contributed by atoms with van der Waals surface area (Å²) in [6, 6.07) is 1.04. The van der Waals surface area contributed by atoms with Crippen LogP contribution in [0.15, 0.2) is 12.3 Å². The zero-order chi connectivity index (χ0) is 20.4. The molecule has 2 heterocycles. The number of rotatable bonds is 7. The number of hydrogen-bond acceptors (Lipinski definition) is 6. The van der Waals surface area contributed by atoms with Crippen molar-refractivity contribution in [2.24, 2.45) is 13.0 Å². The number of ether oxygens (including phenoxy) is 1. The molecule has 27 heavy (non-hydrogen) atoms. The van der Waals surface area contributed by atoms with Crippen molar-refractivity contribution in [3.05, 3.63) is 23.5 Å². The van der Waals surface area contributed by atoms with Crippen molar-refractivity contribution < 1.29 is 27.5 Å². The maximum Gasteiger partial charge on any atom is 0.355 e. The summed E-state index contributed by atoms with van der Waals surface area (Å²) in [6.45, 7) is 5.19. The molecule has 0 saturated carbocycles. The molecular formula is C18H26N2O6S. The van der Waals surface area contributed by atoms with Crippen molar-refractivity contribution in [1.29, 1.82) is 0 Å². The maximum absolute atomic E-state index is 12.6. The van der Waals surface area contributed by atoms with Gasteiger partial charge in [-0.3, -0.25) is 9.59 Å². The summed E-state index contributed by atoms with van der Waals surface area (Å²) in [5, 5.41) is 0. The van der Waals surface area contributed by atoms with Crippen molar-refractivity contribution >= 4 is 27.5 Å². The van der Waals surface area contributed by atoms with Crippen LogP contribution in [0, 0.1) is 5.92 Å². The molecule has 1 amide bonds.